The van der Waals surface area contributed by atoms with Crippen LogP contribution in [0.2, 0.25) is 0 Å². The van der Waals surface area contributed by atoms with Crippen LogP contribution in [0.5, 0.6) is 0 Å². The van der Waals surface area contributed by atoms with Crippen molar-refractivity contribution in [2.75, 3.05) is 13.2 Å². The Bertz CT molecular complexity index is 509. The van der Waals surface area contributed by atoms with Gasteiger partial charge in [-0.15, -0.1) is 11.3 Å². The largest absolute Gasteiger partial charge is 0.481 e. The minimum Gasteiger partial charge on any atom is -0.481 e. The molecule has 21 heavy (non-hydrogen) atoms. The molecular formula is C14H20N2O4S. The van der Waals surface area contributed by atoms with E-state index in [0.29, 0.717) is 13.0 Å². The fourth-order valence-electron chi connectivity index (χ4n) is 2.25. The third-order valence-electron chi connectivity index (χ3n) is 3.37. The predicted molar refractivity (Wildman–Crippen MR) is 78.5 cm³/mol. The van der Waals surface area contributed by atoms with E-state index in [1.165, 1.54) is 11.3 Å². The van der Waals surface area contributed by atoms with Crippen LogP contribution in [0.1, 0.15) is 34.8 Å². The maximum Gasteiger partial charge on any atom is 0.303 e. The molecule has 1 unspecified atom stereocenters. The van der Waals surface area contributed by atoms with Gasteiger partial charge in [-0.2, -0.15) is 0 Å². The zero-order valence-electron chi connectivity index (χ0n) is 12.1. The second kappa shape index (κ2) is 7.51. The quantitative estimate of drug-likeness (QED) is 0.792. The van der Waals surface area contributed by atoms with Crippen LogP contribution in [0.4, 0.5) is 0 Å². The Morgan fingerprint density at radius 3 is 3.00 bits per heavy atom. The Hall–Kier alpha value is -1.47. The predicted octanol–water partition coefficient (Wildman–Crippen LogP) is 1.31. The molecule has 1 saturated heterocycles. The highest BCUT2D eigenvalue weighted by molar-refractivity contribution is 7.11. The van der Waals surface area contributed by atoms with Crippen molar-refractivity contribution in [1.29, 1.82) is 0 Å². The van der Waals surface area contributed by atoms with Gasteiger partial charge in [0, 0.05) is 18.0 Å². The topological polar surface area (TPSA) is 88.5 Å². The number of carboxylic acids is 1. The number of carbonyl (C=O) groups excluding carboxylic acids is 1. The molecule has 2 rings (SSSR count). The molecule has 0 aliphatic carbocycles. The fourth-order valence-corrected chi connectivity index (χ4v) is 3.32. The van der Waals surface area contributed by atoms with E-state index >= 15 is 0 Å². The average molecular weight is 312 g/mol. The number of carboxylic acid groups (broad SMARTS) is 1. The number of thiazole rings is 1. The lowest BCUT2D eigenvalue weighted by Crippen LogP contribution is -2.32. The molecule has 0 bridgehead atoms. The number of aryl methyl sites for hydroxylation is 2. The molecule has 0 radical (unpaired) electrons. The van der Waals surface area contributed by atoms with Crippen LogP contribution in [-0.2, 0) is 27.2 Å². The van der Waals surface area contributed by atoms with Crippen molar-refractivity contribution in [1.82, 2.24) is 10.3 Å². The first-order valence-electron chi connectivity index (χ1n) is 7.10. The molecule has 1 aliphatic heterocycles. The number of ether oxygens (including phenoxy) is 1. The first-order chi connectivity index (χ1) is 10.0. The SMILES string of the molecule is Cc1nc(CC(=O)NCC2CCCO2)sc1CCC(=O)O. The molecule has 7 heteroatoms. The highest BCUT2D eigenvalue weighted by Gasteiger charge is 2.17. The monoisotopic (exact) mass is 312 g/mol. The molecule has 1 aliphatic rings. The van der Waals surface area contributed by atoms with E-state index in [1.54, 1.807) is 0 Å². The summed E-state index contributed by atoms with van der Waals surface area (Å²) in [6, 6.07) is 0. The summed E-state index contributed by atoms with van der Waals surface area (Å²) < 4.78 is 5.45. The first-order valence-corrected chi connectivity index (χ1v) is 7.91. The summed E-state index contributed by atoms with van der Waals surface area (Å²) in [6.07, 6.45) is 2.99. The van der Waals surface area contributed by atoms with Crippen LogP contribution in [0.15, 0.2) is 0 Å². The highest BCUT2D eigenvalue weighted by atomic mass is 32.1. The summed E-state index contributed by atoms with van der Waals surface area (Å²) in [5.74, 6) is -0.886. The summed E-state index contributed by atoms with van der Waals surface area (Å²) >= 11 is 1.42. The van der Waals surface area contributed by atoms with Gasteiger partial charge in [-0.3, -0.25) is 9.59 Å². The number of hydrogen-bond donors (Lipinski definition) is 2. The standard InChI is InChI=1S/C14H20N2O4S/c1-9-11(4-5-14(18)19)21-13(16-9)7-12(17)15-8-10-3-2-6-20-10/h10H,2-8H2,1H3,(H,15,17)(H,18,19). The van der Waals surface area contributed by atoms with E-state index in [-0.39, 0.29) is 24.9 Å². The van der Waals surface area contributed by atoms with Crippen LogP contribution < -0.4 is 5.32 Å². The summed E-state index contributed by atoms with van der Waals surface area (Å²) in [4.78, 5) is 27.7. The van der Waals surface area contributed by atoms with Crippen molar-refractivity contribution in [3.8, 4) is 0 Å². The number of aromatic nitrogens is 1. The zero-order chi connectivity index (χ0) is 15.2. The van der Waals surface area contributed by atoms with Gasteiger partial charge < -0.3 is 15.2 Å². The second-order valence-corrected chi connectivity index (χ2v) is 6.29. The van der Waals surface area contributed by atoms with E-state index in [1.807, 2.05) is 6.92 Å². The van der Waals surface area contributed by atoms with E-state index in [9.17, 15) is 9.59 Å². The molecule has 1 fully saturated rings. The van der Waals surface area contributed by atoms with Gasteiger partial charge in [0.2, 0.25) is 5.91 Å². The third-order valence-corrected chi connectivity index (χ3v) is 4.58. The smallest absolute Gasteiger partial charge is 0.303 e. The van der Waals surface area contributed by atoms with Gasteiger partial charge in [-0.25, -0.2) is 4.98 Å². The van der Waals surface area contributed by atoms with Crippen LogP contribution in [-0.4, -0.2) is 41.2 Å². The van der Waals surface area contributed by atoms with Crippen molar-refractivity contribution in [3.63, 3.8) is 0 Å². The Morgan fingerprint density at radius 2 is 2.33 bits per heavy atom. The van der Waals surface area contributed by atoms with Gasteiger partial charge in [0.1, 0.15) is 5.01 Å². The first kappa shape index (κ1) is 15.9. The number of rotatable bonds is 7. The Morgan fingerprint density at radius 1 is 1.52 bits per heavy atom. The zero-order valence-corrected chi connectivity index (χ0v) is 12.9. The summed E-state index contributed by atoms with van der Waals surface area (Å²) in [5, 5.41) is 12.3. The van der Waals surface area contributed by atoms with Crippen molar-refractivity contribution < 1.29 is 19.4 Å². The lowest BCUT2D eigenvalue weighted by Gasteiger charge is -2.09. The normalized spacial score (nSPS) is 17.9. The van der Waals surface area contributed by atoms with Gasteiger partial charge in [0.15, 0.2) is 0 Å². The molecular weight excluding hydrogens is 292 g/mol. The molecule has 0 saturated carbocycles. The van der Waals surface area contributed by atoms with Crippen molar-refractivity contribution >= 4 is 23.2 Å². The molecule has 2 N–H and O–H groups in total. The van der Waals surface area contributed by atoms with Gasteiger partial charge >= 0.3 is 5.97 Å². The Balaban J connectivity index is 1.80. The van der Waals surface area contributed by atoms with Gasteiger partial charge in [-0.1, -0.05) is 0 Å². The molecule has 6 nitrogen and oxygen atoms in total. The molecule has 1 aromatic rings. The molecule has 0 aromatic carbocycles. The summed E-state index contributed by atoms with van der Waals surface area (Å²) in [5.41, 5.74) is 0.822. The fraction of sp³-hybridized carbons (Fsp3) is 0.643. The molecule has 1 aromatic heterocycles. The Labute approximate surface area is 127 Å². The van der Waals surface area contributed by atoms with Gasteiger partial charge in [0.25, 0.3) is 0 Å². The molecule has 2 heterocycles. The Kier molecular flexibility index (Phi) is 5.69. The van der Waals surface area contributed by atoms with E-state index < -0.39 is 5.97 Å². The van der Waals surface area contributed by atoms with Crippen LogP contribution in [0.25, 0.3) is 0 Å². The van der Waals surface area contributed by atoms with E-state index in [2.05, 4.69) is 10.3 Å². The lowest BCUT2D eigenvalue weighted by atomic mass is 10.2. The van der Waals surface area contributed by atoms with Crippen molar-refractivity contribution in [2.24, 2.45) is 0 Å². The number of carbonyl (C=O) groups is 2. The van der Waals surface area contributed by atoms with Gasteiger partial charge in [0.05, 0.1) is 24.6 Å². The molecule has 1 atom stereocenters. The number of aliphatic carboxylic acids is 1. The van der Waals surface area contributed by atoms with Crippen molar-refractivity contribution in [3.05, 3.63) is 15.6 Å². The maximum absolute atomic E-state index is 11.9. The van der Waals surface area contributed by atoms with Gasteiger partial charge in [-0.05, 0) is 26.2 Å². The lowest BCUT2D eigenvalue weighted by molar-refractivity contribution is -0.137. The maximum atomic E-state index is 11.9. The molecule has 1 amide bonds. The minimum absolute atomic E-state index is 0.0657. The second-order valence-electron chi connectivity index (χ2n) is 5.13. The number of nitrogens with zero attached hydrogens (tertiary/aromatic N) is 1. The summed E-state index contributed by atoms with van der Waals surface area (Å²) in [7, 11) is 0. The van der Waals surface area contributed by atoms with Crippen molar-refractivity contribution in [2.45, 2.75) is 45.1 Å². The van der Waals surface area contributed by atoms with Crippen LogP contribution >= 0.6 is 11.3 Å². The minimum atomic E-state index is -0.821. The third kappa shape index (κ3) is 5.09. The van der Waals surface area contributed by atoms with E-state index in [4.69, 9.17) is 9.84 Å². The number of amides is 1. The molecule has 0 spiro atoms. The number of nitrogens with one attached hydrogen (secondary N) is 1. The molecule has 116 valence electrons. The highest BCUT2D eigenvalue weighted by Crippen LogP contribution is 2.20. The van der Waals surface area contributed by atoms with Crippen LogP contribution in [0, 0.1) is 6.92 Å². The summed E-state index contributed by atoms with van der Waals surface area (Å²) in [6.45, 7) is 3.18. The number of hydrogen-bond acceptors (Lipinski definition) is 5. The van der Waals surface area contributed by atoms with E-state index in [0.717, 1.165) is 35.0 Å². The average Bonchev–Trinajstić information content (AvgIpc) is 3.04. The van der Waals surface area contributed by atoms with Crippen LogP contribution in [0.3, 0.4) is 0 Å².